The highest BCUT2D eigenvalue weighted by Gasteiger charge is 2.51. The Labute approximate surface area is 124 Å². The van der Waals surface area contributed by atoms with Gasteiger partial charge in [0.05, 0.1) is 24.8 Å². The fraction of sp³-hybridized carbons (Fsp3) is 0.562. The van der Waals surface area contributed by atoms with Crippen molar-refractivity contribution in [1.82, 2.24) is 15.1 Å². The van der Waals surface area contributed by atoms with Gasteiger partial charge in [0.2, 0.25) is 0 Å². The molecule has 112 valence electrons. The minimum atomic E-state index is 0.122. The Morgan fingerprint density at radius 1 is 1.29 bits per heavy atom. The minimum absolute atomic E-state index is 0.122. The molecule has 0 aliphatic carbocycles. The molecule has 3 saturated heterocycles. The van der Waals surface area contributed by atoms with Gasteiger partial charge in [-0.05, 0) is 12.1 Å². The summed E-state index contributed by atoms with van der Waals surface area (Å²) in [6.45, 7) is 6.08. The summed E-state index contributed by atoms with van der Waals surface area (Å²) in [5.74, 6) is 0.145. The molecule has 3 heterocycles. The smallest absolute Gasteiger partial charge is 0.253 e. The van der Waals surface area contributed by atoms with Crippen molar-refractivity contribution in [3.8, 4) is 0 Å². The molecule has 21 heavy (non-hydrogen) atoms. The zero-order chi connectivity index (χ0) is 14.3. The third kappa shape index (κ3) is 2.16. The first kappa shape index (κ1) is 13.2. The van der Waals surface area contributed by atoms with Crippen LogP contribution in [0, 0.1) is 0 Å². The maximum absolute atomic E-state index is 12.7. The van der Waals surface area contributed by atoms with Crippen molar-refractivity contribution in [2.45, 2.75) is 11.6 Å². The number of hydrogen-bond donors (Lipinski definition) is 1. The molecule has 1 spiro atoms. The van der Waals surface area contributed by atoms with Gasteiger partial charge in [-0.3, -0.25) is 9.69 Å². The molecule has 0 bridgehead atoms. The quantitative estimate of drug-likeness (QED) is 0.801. The van der Waals surface area contributed by atoms with Crippen LogP contribution in [0.25, 0.3) is 0 Å². The Balaban J connectivity index is 1.58. The second-order valence-electron chi connectivity index (χ2n) is 6.30. The van der Waals surface area contributed by atoms with Gasteiger partial charge in [0.25, 0.3) is 5.91 Å². The highest BCUT2D eigenvalue weighted by molar-refractivity contribution is 5.94. The second kappa shape index (κ2) is 5.09. The van der Waals surface area contributed by atoms with E-state index < -0.39 is 0 Å². The summed E-state index contributed by atoms with van der Waals surface area (Å²) in [6, 6.07) is 9.93. The molecule has 4 rings (SSSR count). The Bertz CT molecular complexity index is 530. The number of carbonyl (C=O) groups is 1. The molecule has 3 aliphatic rings. The highest BCUT2D eigenvalue weighted by Crippen LogP contribution is 2.31. The number of carbonyl (C=O) groups excluding carboxylic acids is 1. The molecule has 1 atom stereocenters. The maximum Gasteiger partial charge on any atom is 0.253 e. The van der Waals surface area contributed by atoms with Crippen LogP contribution in [0.3, 0.4) is 0 Å². The van der Waals surface area contributed by atoms with E-state index in [1.54, 1.807) is 0 Å². The van der Waals surface area contributed by atoms with Crippen molar-refractivity contribution in [3.05, 3.63) is 35.9 Å². The van der Waals surface area contributed by atoms with Gasteiger partial charge in [-0.2, -0.15) is 0 Å². The number of nitrogens with one attached hydrogen (secondary N) is 1. The van der Waals surface area contributed by atoms with Crippen LogP contribution in [0.4, 0.5) is 0 Å². The number of hydrogen-bond acceptors (Lipinski definition) is 4. The van der Waals surface area contributed by atoms with Crippen LogP contribution in [-0.2, 0) is 4.74 Å². The average molecular weight is 287 g/mol. The third-order valence-electron chi connectivity index (χ3n) is 4.97. The Morgan fingerprint density at radius 3 is 2.81 bits per heavy atom. The first-order chi connectivity index (χ1) is 10.3. The molecule has 0 saturated carbocycles. The van der Waals surface area contributed by atoms with Crippen LogP contribution < -0.4 is 5.32 Å². The van der Waals surface area contributed by atoms with Gasteiger partial charge in [-0.1, -0.05) is 18.2 Å². The topological polar surface area (TPSA) is 44.8 Å². The molecule has 3 fully saturated rings. The summed E-state index contributed by atoms with van der Waals surface area (Å²) in [5, 5.41) is 3.38. The van der Waals surface area contributed by atoms with E-state index in [-0.39, 0.29) is 11.4 Å². The van der Waals surface area contributed by atoms with Crippen LogP contribution in [0.5, 0.6) is 0 Å². The van der Waals surface area contributed by atoms with Gasteiger partial charge in [-0.25, -0.2) is 0 Å². The molecule has 5 heteroatoms. The van der Waals surface area contributed by atoms with E-state index in [0.717, 1.165) is 51.5 Å². The van der Waals surface area contributed by atoms with E-state index in [9.17, 15) is 4.79 Å². The molecule has 3 aliphatic heterocycles. The predicted octanol–water partition coefficient (Wildman–Crippen LogP) is 0.185. The van der Waals surface area contributed by atoms with Gasteiger partial charge in [-0.15, -0.1) is 0 Å². The first-order valence-corrected chi connectivity index (χ1v) is 7.68. The number of fused-ring (bicyclic) bond motifs is 2. The van der Waals surface area contributed by atoms with Crippen LogP contribution >= 0.6 is 0 Å². The van der Waals surface area contributed by atoms with Crippen molar-refractivity contribution < 1.29 is 9.53 Å². The first-order valence-electron chi connectivity index (χ1n) is 7.68. The van der Waals surface area contributed by atoms with Crippen molar-refractivity contribution in [2.24, 2.45) is 0 Å². The summed E-state index contributed by atoms with van der Waals surface area (Å²) < 4.78 is 5.63. The second-order valence-corrected chi connectivity index (χ2v) is 6.30. The monoisotopic (exact) mass is 287 g/mol. The number of ether oxygens (including phenoxy) is 1. The molecule has 1 aromatic rings. The fourth-order valence-electron chi connectivity index (χ4n) is 3.84. The Morgan fingerprint density at radius 2 is 2.10 bits per heavy atom. The molecule has 5 nitrogen and oxygen atoms in total. The summed E-state index contributed by atoms with van der Waals surface area (Å²) >= 11 is 0. The fourth-order valence-corrected chi connectivity index (χ4v) is 3.84. The lowest BCUT2D eigenvalue weighted by molar-refractivity contribution is -0.123. The number of piperazine rings is 1. The normalized spacial score (nSPS) is 28.0. The minimum Gasteiger partial charge on any atom is -0.378 e. The zero-order valence-electron chi connectivity index (χ0n) is 12.1. The highest BCUT2D eigenvalue weighted by atomic mass is 16.5. The summed E-state index contributed by atoms with van der Waals surface area (Å²) in [5.41, 5.74) is 0.905. The molecule has 1 aromatic carbocycles. The molecule has 1 unspecified atom stereocenters. The van der Waals surface area contributed by atoms with E-state index in [4.69, 9.17) is 4.74 Å². The molecular formula is C16H21N3O2. The summed E-state index contributed by atoms with van der Waals surface area (Å²) in [7, 11) is 0. The van der Waals surface area contributed by atoms with E-state index in [1.807, 2.05) is 35.2 Å². The van der Waals surface area contributed by atoms with Gasteiger partial charge in [0.15, 0.2) is 0 Å². The van der Waals surface area contributed by atoms with Gasteiger partial charge < -0.3 is 15.0 Å². The predicted molar refractivity (Wildman–Crippen MR) is 79.3 cm³/mol. The molecule has 0 aromatic heterocycles. The number of rotatable bonds is 1. The zero-order valence-corrected chi connectivity index (χ0v) is 12.1. The van der Waals surface area contributed by atoms with Crippen LogP contribution in [0.1, 0.15) is 10.4 Å². The van der Waals surface area contributed by atoms with Crippen LogP contribution in [-0.4, -0.2) is 73.2 Å². The number of nitrogens with zero attached hydrogens (tertiary/aromatic N) is 2. The maximum atomic E-state index is 12.7. The van der Waals surface area contributed by atoms with Crippen molar-refractivity contribution in [3.63, 3.8) is 0 Å². The van der Waals surface area contributed by atoms with Crippen LogP contribution in [0.2, 0.25) is 0 Å². The van der Waals surface area contributed by atoms with E-state index in [0.29, 0.717) is 6.04 Å². The molecule has 1 amide bonds. The van der Waals surface area contributed by atoms with E-state index >= 15 is 0 Å². The number of benzene rings is 1. The van der Waals surface area contributed by atoms with Gasteiger partial charge in [0, 0.05) is 38.3 Å². The number of amides is 1. The van der Waals surface area contributed by atoms with Crippen LogP contribution in [0.15, 0.2) is 30.3 Å². The van der Waals surface area contributed by atoms with Crippen molar-refractivity contribution >= 4 is 5.91 Å². The SMILES string of the molecule is O=C(c1ccccc1)N1CC2COCCN2C2(CNC2)C1. The number of morpholine rings is 1. The molecule has 1 N–H and O–H groups in total. The average Bonchev–Trinajstić information content (AvgIpc) is 2.52. The van der Waals surface area contributed by atoms with Crippen molar-refractivity contribution in [2.75, 3.05) is 45.9 Å². The molecule has 0 radical (unpaired) electrons. The Hall–Kier alpha value is -1.43. The lowest BCUT2D eigenvalue weighted by Crippen LogP contribution is -2.80. The lowest BCUT2D eigenvalue weighted by atomic mass is 9.84. The third-order valence-corrected chi connectivity index (χ3v) is 4.97. The van der Waals surface area contributed by atoms with Gasteiger partial charge >= 0.3 is 0 Å². The Kier molecular flexibility index (Phi) is 3.21. The summed E-state index contributed by atoms with van der Waals surface area (Å²) in [4.78, 5) is 17.3. The lowest BCUT2D eigenvalue weighted by Gasteiger charge is -2.60. The van der Waals surface area contributed by atoms with Gasteiger partial charge in [0.1, 0.15) is 0 Å². The summed E-state index contributed by atoms with van der Waals surface area (Å²) in [6.07, 6.45) is 0. The van der Waals surface area contributed by atoms with E-state index in [1.165, 1.54) is 0 Å². The van der Waals surface area contributed by atoms with Crippen molar-refractivity contribution in [1.29, 1.82) is 0 Å². The van der Waals surface area contributed by atoms with E-state index in [2.05, 4.69) is 10.2 Å². The largest absolute Gasteiger partial charge is 0.378 e. The standard InChI is InChI=1S/C16H21N3O2/c20-15(13-4-2-1-3-5-13)18-8-14-9-21-7-6-19(14)16(12-18)10-17-11-16/h1-5,14,17H,6-12H2. The molecular weight excluding hydrogens is 266 g/mol.